The van der Waals surface area contributed by atoms with Crippen LogP contribution in [-0.4, -0.2) is 30.5 Å². The lowest BCUT2D eigenvalue weighted by atomic mass is 10.0. The van der Waals surface area contributed by atoms with E-state index < -0.39 is 0 Å². The number of aryl methyl sites for hydroxylation is 1. The summed E-state index contributed by atoms with van der Waals surface area (Å²) in [5, 5.41) is 13.8. The standard InChI is InChI=1S/C25H20Cl2N6O/c1-16-24-19(18-5-3-2-4-6-18)9-11-28-25(24)33(30-16)15-23(34)29-22-10-12-32(31-22)14-17-7-8-20(26)21(27)13-17/h2-13H,14-15H2,1H3,(H,29,31,34). The molecule has 0 radical (unpaired) electrons. The first-order valence-electron chi connectivity index (χ1n) is 10.6. The lowest BCUT2D eigenvalue weighted by Gasteiger charge is -2.06. The van der Waals surface area contributed by atoms with Crippen molar-refractivity contribution in [2.75, 3.05) is 5.32 Å². The highest BCUT2D eigenvalue weighted by Crippen LogP contribution is 2.29. The van der Waals surface area contributed by atoms with E-state index in [4.69, 9.17) is 23.2 Å². The average Bonchev–Trinajstić information content (AvgIpc) is 3.40. The fourth-order valence-corrected chi connectivity index (χ4v) is 4.23. The van der Waals surface area contributed by atoms with E-state index in [1.54, 1.807) is 40.0 Å². The van der Waals surface area contributed by atoms with Gasteiger partial charge in [0.25, 0.3) is 0 Å². The summed E-state index contributed by atoms with van der Waals surface area (Å²) in [6, 6.07) is 19.2. The second kappa shape index (κ2) is 9.29. The van der Waals surface area contributed by atoms with Gasteiger partial charge in [-0.1, -0.05) is 59.6 Å². The van der Waals surface area contributed by atoms with Gasteiger partial charge in [0.2, 0.25) is 5.91 Å². The Kier molecular flexibility index (Phi) is 6.04. The monoisotopic (exact) mass is 490 g/mol. The Balaban J connectivity index is 1.32. The number of pyridine rings is 1. The van der Waals surface area contributed by atoms with Gasteiger partial charge in [0.1, 0.15) is 6.54 Å². The van der Waals surface area contributed by atoms with Crippen LogP contribution < -0.4 is 5.32 Å². The summed E-state index contributed by atoms with van der Waals surface area (Å²) in [5.74, 6) is 0.215. The number of amides is 1. The molecule has 0 saturated carbocycles. The minimum Gasteiger partial charge on any atom is -0.308 e. The van der Waals surface area contributed by atoms with E-state index >= 15 is 0 Å². The summed E-state index contributed by atoms with van der Waals surface area (Å²) >= 11 is 12.1. The topological polar surface area (TPSA) is 77.6 Å². The summed E-state index contributed by atoms with van der Waals surface area (Å²) < 4.78 is 3.34. The van der Waals surface area contributed by atoms with E-state index in [0.29, 0.717) is 28.1 Å². The molecule has 1 amide bonds. The molecule has 2 aromatic carbocycles. The maximum Gasteiger partial charge on any atom is 0.247 e. The molecular weight excluding hydrogens is 471 g/mol. The second-order valence-electron chi connectivity index (χ2n) is 7.86. The van der Waals surface area contributed by atoms with E-state index in [9.17, 15) is 4.79 Å². The van der Waals surface area contributed by atoms with Gasteiger partial charge >= 0.3 is 0 Å². The smallest absolute Gasteiger partial charge is 0.247 e. The second-order valence-corrected chi connectivity index (χ2v) is 8.68. The molecule has 170 valence electrons. The van der Waals surface area contributed by atoms with Gasteiger partial charge in [-0.3, -0.25) is 9.48 Å². The van der Waals surface area contributed by atoms with Crippen LogP contribution in [0.3, 0.4) is 0 Å². The fourth-order valence-electron chi connectivity index (χ4n) is 3.91. The van der Waals surface area contributed by atoms with Crippen LogP contribution in [0.5, 0.6) is 0 Å². The number of anilines is 1. The Bertz CT molecular complexity index is 1490. The van der Waals surface area contributed by atoms with Crippen molar-refractivity contribution in [3.63, 3.8) is 0 Å². The summed E-state index contributed by atoms with van der Waals surface area (Å²) in [5.41, 5.74) is 4.55. The van der Waals surface area contributed by atoms with Crippen LogP contribution in [0, 0.1) is 6.92 Å². The van der Waals surface area contributed by atoms with Crippen molar-refractivity contribution >= 4 is 46.0 Å². The molecule has 0 saturated heterocycles. The van der Waals surface area contributed by atoms with Gasteiger partial charge in [-0.25, -0.2) is 9.67 Å². The van der Waals surface area contributed by atoms with Crippen LogP contribution in [0.1, 0.15) is 11.3 Å². The Morgan fingerprint density at radius 3 is 2.62 bits per heavy atom. The van der Waals surface area contributed by atoms with Crippen LogP contribution in [-0.2, 0) is 17.9 Å². The molecule has 0 unspecified atom stereocenters. The van der Waals surface area contributed by atoms with Gasteiger partial charge in [0.15, 0.2) is 11.5 Å². The zero-order valence-electron chi connectivity index (χ0n) is 18.2. The Morgan fingerprint density at radius 1 is 1.00 bits per heavy atom. The largest absolute Gasteiger partial charge is 0.308 e. The number of nitrogens with one attached hydrogen (secondary N) is 1. The lowest BCUT2D eigenvalue weighted by molar-refractivity contribution is -0.116. The van der Waals surface area contributed by atoms with Gasteiger partial charge < -0.3 is 5.32 Å². The van der Waals surface area contributed by atoms with Crippen molar-refractivity contribution in [1.82, 2.24) is 24.5 Å². The molecule has 0 fully saturated rings. The molecule has 5 rings (SSSR count). The van der Waals surface area contributed by atoms with Crippen molar-refractivity contribution in [3.05, 3.63) is 94.4 Å². The lowest BCUT2D eigenvalue weighted by Crippen LogP contribution is -2.20. The van der Waals surface area contributed by atoms with Crippen molar-refractivity contribution in [2.45, 2.75) is 20.0 Å². The normalized spacial score (nSPS) is 11.1. The quantitative estimate of drug-likeness (QED) is 0.336. The molecule has 34 heavy (non-hydrogen) atoms. The van der Waals surface area contributed by atoms with Gasteiger partial charge in [-0.15, -0.1) is 0 Å². The number of carbonyl (C=O) groups is 1. The highest BCUT2D eigenvalue weighted by molar-refractivity contribution is 6.42. The van der Waals surface area contributed by atoms with Crippen LogP contribution in [0.4, 0.5) is 5.82 Å². The predicted molar refractivity (Wildman–Crippen MR) is 134 cm³/mol. The molecule has 0 aliphatic rings. The SMILES string of the molecule is Cc1nn(CC(=O)Nc2ccn(Cc3ccc(Cl)c(Cl)c3)n2)c2nccc(-c3ccccc3)c12. The highest BCUT2D eigenvalue weighted by Gasteiger charge is 2.16. The maximum atomic E-state index is 12.8. The van der Waals surface area contributed by atoms with E-state index in [1.807, 2.05) is 49.4 Å². The zero-order valence-corrected chi connectivity index (χ0v) is 19.8. The molecular formula is C25H20Cl2N6O. The number of fused-ring (bicyclic) bond motifs is 1. The van der Waals surface area contributed by atoms with Crippen LogP contribution in [0.25, 0.3) is 22.2 Å². The Hall–Kier alpha value is -3.68. The first-order valence-corrected chi connectivity index (χ1v) is 11.4. The van der Waals surface area contributed by atoms with E-state index in [1.165, 1.54) is 0 Å². The number of halogens is 2. The number of carbonyl (C=O) groups excluding carboxylic acids is 1. The fraction of sp³-hybridized carbons (Fsp3) is 0.120. The first kappa shape index (κ1) is 22.1. The molecule has 3 heterocycles. The number of rotatable bonds is 6. The van der Waals surface area contributed by atoms with Gasteiger partial charge in [0, 0.05) is 23.8 Å². The molecule has 9 heteroatoms. The van der Waals surface area contributed by atoms with Crippen molar-refractivity contribution in [3.8, 4) is 11.1 Å². The van der Waals surface area contributed by atoms with E-state index in [2.05, 4.69) is 20.5 Å². The average molecular weight is 491 g/mol. The molecule has 1 N–H and O–H groups in total. The van der Waals surface area contributed by atoms with Gasteiger partial charge in [0.05, 0.1) is 22.3 Å². The third-order valence-electron chi connectivity index (χ3n) is 5.42. The van der Waals surface area contributed by atoms with Crippen LogP contribution in [0.15, 0.2) is 73.1 Å². The molecule has 0 aliphatic carbocycles. The number of hydrogen-bond acceptors (Lipinski definition) is 4. The molecule has 3 aromatic heterocycles. The number of nitrogens with zero attached hydrogens (tertiary/aromatic N) is 5. The summed E-state index contributed by atoms with van der Waals surface area (Å²) in [4.78, 5) is 17.3. The van der Waals surface area contributed by atoms with Crippen molar-refractivity contribution in [2.24, 2.45) is 0 Å². The molecule has 0 aliphatic heterocycles. The first-order chi connectivity index (χ1) is 16.5. The summed E-state index contributed by atoms with van der Waals surface area (Å²) in [7, 11) is 0. The summed E-state index contributed by atoms with van der Waals surface area (Å²) in [6.45, 7) is 2.45. The number of aromatic nitrogens is 5. The van der Waals surface area contributed by atoms with Gasteiger partial charge in [-0.2, -0.15) is 10.2 Å². The molecule has 0 atom stereocenters. The van der Waals surface area contributed by atoms with Crippen LogP contribution >= 0.6 is 23.2 Å². The maximum absolute atomic E-state index is 12.8. The third-order valence-corrected chi connectivity index (χ3v) is 6.16. The van der Waals surface area contributed by atoms with Crippen molar-refractivity contribution < 1.29 is 4.79 Å². The van der Waals surface area contributed by atoms with Crippen LogP contribution in [0.2, 0.25) is 10.0 Å². The van der Waals surface area contributed by atoms with Gasteiger partial charge in [-0.05, 0) is 41.8 Å². The highest BCUT2D eigenvalue weighted by atomic mass is 35.5. The van der Waals surface area contributed by atoms with E-state index in [0.717, 1.165) is 27.8 Å². The zero-order chi connectivity index (χ0) is 23.7. The molecule has 5 aromatic rings. The van der Waals surface area contributed by atoms with E-state index in [-0.39, 0.29) is 12.5 Å². The minimum atomic E-state index is -0.240. The third kappa shape index (κ3) is 4.53. The predicted octanol–water partition coefficient (Wildman–Crippen LogP) is 5.60. The van der Waals surface area contributed by atoms with Crippen molar-refractivity contribution in [1.29, 1.82) is 0 Å². The summed E-state index contributed by atoms with van der Waals surface area (Å²) in [6.07, 6.45) is 3.53. The molecule has 0 bridgehead atoms. The Labute approximate surface area is 205 Å². The molecule has 0 spiro atoms. The number of hydrogen-bond donors (Lipinski definition) is 1. The number of benzene rings is 2. The molecule has 7 nitrogen and oxygen atoms in total. The minimum absolute atomic E-state index is 0.0231. The Morgan fingerprint density at radius 2 is 1.82 bits per heavy atom.